The second kappa shape index (κ2) is 6.95. The average Bonchev–Trinajstić information content (AvgIpc) is 3.07. The zero-order valence-electron chi connectivity index (χ0n) is 13.8. The van der Waals surface area contributed by atoms with Gasteiger partial charge >= 0.3 is 0 Å². The number of aliphatic imine (C=N–C) groups is 1. The highest BCUT2D eigenvalue weighted by molar-refractivity contribution is 5.92. The Bertz CT molecular complexity index is 814. The van der Waals surface area contributed by atoms with Gasteiger partial charge in [-0.3, -0.25) is 4.57 Å². The van der Waals surface area contributed by atoms with Crippen molar-refractivity contribution in [3.05, 3.63) is 71.9 Å². The van der Waals surface area contributed by atoms with Gasteiger partial charge in [-0.25, -0.2) is 15.0 Å². The van der Waals surface area contributed by atoms with Crippen molar-refractivity contribution in [3.8, 4) is 5.82 Å². The SMILES string of the molecule is Cc1cc(C)cc(NC(N)=NCc2ccc(-n3ccnc3)nc2)c1. The van der Waals surface area contributed by atoms with Crippen LogP contribution < -0.4 is 11.1 Å². The minimum absolute atomic E-state index is 0.388. The number of aryl methyl sites for hydroxylation is 2. The normalized spacial score (nSPS) is 11.5. The van der Waals surface area contributed by atoms with Crippen LogP contribution in [0.25, 0.3) is 5.82 Å². The van der Waals surface area contributed by atoms with Gasteiger partial charge in [0.1, 0.15) is 12.1 Å². The summed E-state index contributed by atoms with van der Waals surface area (Å²) in [7, 11) is 0. The standard InChI is InChI=1S/C18H20N6/c1-13-7-14(2)9-16(8-13)23-18(19)22-11-15-3-4-17(21-10-15)24-6-5-20-12-24/h3-10,12H,11H2,1-2H3,(H3,19,22,23). The van der Waals surface area contributed by atoms with Crippen molar-refractivity contribution in [2.45, 2.75) is 20.4 Å². The Labute approximate surface area is 141 Å². The summed E-state index contributed by atoms with van der Waals surface area (Å²) in [4.78, 5) is 12.8. The molecule has 0 atom stereocenters. The number of anilines is 1. The summed E-state index contributed by atoms with van der Waals surface area (Å²) in [6.07, 6.45) is 7.08. The third-order valence-corrected chi connectivity index (χ3v) is 3.50. The lowest BCUT2D eigenvalue weighted by atomic mass is 10.1. The number of imidazole rings is 1. The van der Waals surface area contributed by atoms with Crippen LogP contribution in [0.5, 0.6) is 0 Å². The number of nitrogens with one attached hydrogen (secondary N) is 1. The maximum absolute atomic E-state index is 5.97. The van der Waals surface area contributed by atoms with E-state index in [-0.39, 0.29) is 0 Å². The molecule has 3 rings (SSSR count). The minimum Gasteiger partial charge on any atom is -0.370 e. The third kappa shape index (κ3) is 3.98. The van der Waals surface area contributed by atoms with Gasteiger partial charge in [0.2, 0.25) is 0 Å². The molecule has 6 heteroatoms. The zero-order chi connectivity index (χ0) is 16.9. The number of nitrogens with zero attached hydrogens (tertiary/aromatic N) is 4. The Morgan fingerprint density at radius 3 is 2.62 bits per heavy atom. The first-order valence-electron chi connectivity index (χ1n) is 7.69. The first kappa shape index (κ1) is 15.7. The Morgan fingerprint density at radius 2 is 2.00 bits per heavy atom. The Morgan fingerprint density at radius 1 is 1.21 bits per heavy atom. The quantitative estimate of drug-likeness (QED) is 0.572. The second-order valence-corrected chi connectivity index (χ2v) is 5.70. The molecule has 6 nitrogen and oxygen atoms in total. The van der Waals surface area contributed by atoms with Crippen molar-refractivity contribution in [2.75, 3.05) is 5.32 Å². The molecule has 3 aromatic rings. The molecule has 0 spiro atoms. The molecule has 0 bridgehead atoms. The fourth-order valence-corrected chi connectivity index (χ4v) is 2.47. The lowest BCUT2D eigenvalue weighted by Crippen LogP contribution is -2.22. The van der Waals surface area contributed by atoms with E-state index in [0.717, 1.165) is 17.1 Å². The van der Waals surface area contributed by atoms with Crippen LogP contribution in [0.3, 0.4) is 0 Å². The smallest absolute Gasteiger partial charge is 0.193 e. The number of rotatable bonds is 4. The second-order valence-electron chi connectivity index (χ2n) is 5.70. The number of guanidine groups is 1. The molecule has 0 saturated heterocycles. The number of benzene rings is 1. The lowest BCUT2D eigenvalue weighted by Gasteiger charge is -2.08. The maximum atomic E-state index is 5.97. The molecule has 1 aromatic carbocycles. The van der Waals surface area contributed by atoms with Gasteiger partial charge in [0, 0.05) is 24.3 Å². The summed E-state index contributed by atoms with van der Waals surface area (Å²) >= 11 is 0. The van der Waals surface area contributed by atoms with E-state index in [2.05, 4.69) is 40.2 Å². The van der Waals surface area contributed by atoms with Crippen LogP contribution in [0.2, 0.25) is 0 Å². The van der Waals surface area contributed by atoms with Gasteiger partial charge < -0.3 is 11.1 Å². The lowest BCUT2D eigenvalue weighted by molar-refractivity contribution is 0.967. The predicted molar refractivity (Wildman–Crippen MR) is 96.2 cm³/mol. The zero-order valence-corrected chi connectivity index (χ0v) is 13.8. The monoisotopic (exact) mass is 320 g/mol. The summed E-state index contributed by atoms with van der Waals surface area (Å²) in [6.45, 7) is 4.58. The van der Waals surface area contributed by atoms with Crippen LogP contribution in [0.4, 0.5) is 5.69 Å². The average molecular weight is 320 g/mol. The topological polar surface area (TPSA) is 81.1 Å². The molecule has 0 aliphatic rings. The van der Waals surface area contributed by atoms with Crippen LogP contribution in [0, 0.1) is 13.8 Å². The summed E-state index contributed by atoms with van der Waals surface area (Å²) in [5.74, 6) is 1.21. The van der Waals surface area contributed by atoms with Crippen LogP contribution in [0.15, 0.2) is 60.2 Å². The van der Waals surface area contributed by atoms with Gasteiger partial charge in [-0.2, -0.15) is 0 Å². The van der Waals surface area contributed by atoms with E-state index in [9.17, 15) is 0 Å². The minimum atomic E-state index is 0.388. The largest absolute Gasteiger partial charge is 0.370 e. The molecular formula is C18H20N6. The van der Waals surface area contributed by atoms with Crippen molar-refractivity contribution in [1.82, 2.24) is 14.5 Å². The van der Waals surface area contributed by atoms with Crippen molar-refractivity contribution in [3.63, 3.8) is 0 Å². The van der Waals surface area contributed by atoms with E-state index < -0.39 is 0 Å². The van der Waals surface area contributed by atoms with Gasteiger partial charge in [-0.15, -0.1) is 0 Å². The van der Waals surface area contributed by atoms with Crippen LogP contribution in [-0.4, -0.2) is 20.5 Å². The van der Waals surface area contributed by atoms with E-state index in [1.165, 1.54) is 11.1 Å². The maximum Gasteiger partial charge on any atom is 0.193 e. The number of hydrogen-bond acceptors (Lipinski definition) is 3. The van der Waals surface area contributed by atoms with E-state index in [1.807, 2.05) is 35.0 Å². The molecule has 0 amide bonds. The summed E-state index contributed by atoms with van der Waals surface area (Å²) in [5.41, 5.74) is 10.3. The number of aromatic nitrogens is 3. The fraction of sp³-hybridized carbons (Fsp3) is 0.167. The van der Waals surface area contributed by atoms with Gasteiger partial charge in [0.25, 0.3) is 0 Å². The van der Waals surface area contributed by atoms with E-state index in [4.69, 9.17) is 5.73 Å². The highest BCUT2D eigenvalue weighted by Crippen LogP contribution is 2.13. The molecule has 122 valence electrons. The predicted octanol–water partition coefficient (Wildman–Crippen LogP) is 2.81. The summed E-state index contributed by atoms with van der Waals surface area (Å²) in [6, 6.07) is 10.1. The molecular weight excluding hydrogens is 300 g/mol. The van der Waals surface area contributed by atoms with Crippen LogP contribution >= 0.6 is 0 Å². The van der Waals surface area contributed by atoms with Gasteiger partial charge in [-0.1, -0.05) is 12.1 Å². The first-order chi connectivity index (χ1) is 11.6. The molecule has 0 saturated carbocycles. The van der Waals surface area contributed by atoms with Crippen LogP contribution in [0.1, 0.15) is 16.7 Å². The number of hydrogen-bond donors (Lipinski definition) is 2. The highest BCUT2D eigenvalue weighted by Gasteiger charge is 2.00. The molecule has 0 aliphatic carbocycles. The van der Waals surface area contributed by atoms with Gasteiger partial charge in [0.15, 0.2) is 5.96 Å². The molecule has 0 fully saturated rings. The molecule has 3 N–H and O–H groups in total. The van der Waals surface area contributed by atoms with E-state index in [1.54, 1.807) is 18.7 Å². The Hall–Kier alpha value is -3.15. The van der Waals surface area contributed by atoms with Gasteiger partial charge in [-0.05, 0) is 48.7 Å². The fourth-order valence-electron chi connectivity index (χ4n) is 2.47. The molecule has 0 radical (unpaired) electrons. The molecule has 0 unspecified atom stereocenters. The first-order valence-corrected chi connectivity index (χ1v) is 7.69. The number of pyridine rings is 1. The van der Waals surface area contributed by atoms with E-state index in [0.29, 0.717) is 12.5 Å². The van der Waals surface area contributed by atoms with Crippen LogP contribution in [-0.2, 0) is 6.54 Å². The highest BCUT2D eigenvalue weighted by atomic mass is 15.1. The Balaban J connectivity index is 1.64. The molecule has 2 aromatic heterocycles. The van der Waals surface area contributed by atoms with Crippen molar-refractivity contribution < 1.29 is 0 Å². The van der Waals surface area contributed by atoms with E-state index >= 15 is 0 Å². The van der Waals surface area contributed by atoms with Gasteiger partial charge in [0.05, 0.1) is 6.54 Å². The van der Waals surface area contributed by atoms with Crippen molar-refractivity contribution >= 4 is 11.6 Å². The molecule has 2 heterocycles. The number of nitrogens with two attached hydrogens (primary N) is 1. The summed E-state index contributed by atoms with van der Waals surface area (Å²) < 4.78 is 1.85. The summed E-state index contributed by atoms with van der Waals surface area (Å²) in [5, 5.41) is 3.12. The Kier molecular flexibility index (Phi) is 4.56. The van der Waals surface area contributed by atoms with Crippen molar-refractivity contribution in [2.24, 2.45) is 10.7 Å². The molecule has 24 heavy (non-hydrogen) atoms. The third-order valence-electron chi connectivity index (χ3n) is 3.50. The molecule has 0 aliphatic heterocycles. The van der Waals surface area contributed by atoms with Crippen molar-refractivity contribution in [1.29, 1.82) is 0 Å².